The molecule has 1 aliphatic heterocycles. The van der Waals surface area contributed by atoms with Crippen molar-refractivity contribution >= 4 is 0 Å². The van der Waals surface area contributed by atoms with E-state index in [1.54, 1.807) is 0 Å². The summed E-state index contributed by atoms with van der Waals surface area (Å²) in [6.07, 6.45) is 1.38. The van der Waals surface area contributed by atoms with Gasteiger partial charge in [0.2, 0.25) is 0 Å². The van der Waals surface area contributed by atoms with Crippen molar-refractivity contribution in [1.29, 1.82) is 0 Å². The molecule has 1 N–H and O–H groups in total. The molecule has 2 heteroatoms. The molecule has 1 aromatic carbocycles. The zero-order chi connectivity index (χ0) is 10.1. The van der Waals surface area contributed by atoms with Crippen LogP contribution in [0.15, 0.2) is 18.2 Å². The minimum absolute atomic E-state index is 0.338. The maximum atomic E-state index is 5.71. The maximum absolute atomic E-state index is 5.71. The van der Waals surface area contributed by atoms with Crippen molar-refractivity contribution in [3.8, 4) is 5.75 Å². The van der Waals surface area contributed by atoms with Crippen molar-refractivity contribution in [2.24, 2.45) is 0 Å². The number of benzene rings is 1. The van der Waals surface area contributed by atoms with Crippen LogP contribution in [0, 0.1) is 0 Å². The van der Waals surface area contributed by atoms with Crippen molar-refractivity contribution in [1.82, 2.24) is 5.32 Å². The highest BCUT2D eigenvalue weighted by molar-refractivity contribution is 5.41. The third kappa shape index (κ3) is 1.62. The molecule has 1 aromatic rings. The lowest BCUT2D eigenvalue weighted by Crippen LogP contribution is -2.12. The van der Waals surface area contributed by atoms with Crippen molar-refractivity contribution in [3.05, 3.63) is 29.3 Å². The fourth-order valence-electron chi connectivity index (χ4n) is 1.85. The lowest BCUT2D eigenvalue weighted by molar-refractivity contribution is 0.254. The molecular weight excluding hydrogens is 174 g/mol. The zero-order valence-corrected chi connectivity index (χ0v) is 9.00. The van der Waals surface area contributed by atoms with Gasteiger partial charge < -0.3 is 10.1 Å². The van der Waals surface area contributed by atoms with Crippen LogP contribution < -0.4 is 10.1 Å². The van der Waals surface area contributed by atoms with Crippen LogP contribution >= 0.6 is 0 Å². The van der Waals surface area contributed by atoms with E-state index in [0.29, 0.717) is 12.1 Å². The summed E-state index contributed by atoms with van der Waals surface area (Å²) in [6.45, 7) is 4.27. The average molecular weight is 191 g/mol. The summed E-state index contributed by atoms with van der Waals surface area (Å²) in [7, 11) is 1.97. The van der Waals surface area contributed by atoms with E-state index in [-0.39, 0.29) is 0 Å². The first kappa shape index (κ1) is 9.53. The molecule has 0 aliphatic carbocycles. The number of fused-ring (bicyclic) bond motifs is 1. The summed E-state index contributed by atoms with van der Waals surface area (Å²) in [5.41, 5.74) is 2.63. The first-order valence-electron chi connectivity index (χ1n) is 5.17. The standard InChI is InChI=1S/C12H17NO/c1-8-6-11-5-4-10(9(2)13-3)7-12(11)14-8/h4-5,7-9,13H,6H2,1-3H3. The Bertz CT molecular complexity index is 335. The van der Waals surface area contributed by atoms with Gasteiger partial charge in [0.05, 0.1) is 0 Å². The summed E-state index contributed by atoms with van der Waals surface area (Å²) in [4.78, 5) is 0. The van der Waals surface area contributed by atoms with Crippen molar-refractivity contribution in [2.45, 2.75) is 32.4 Å². The van der Waals surface area contributed by atoms with Crippen molar-refractivity contribution in [2.75, 3.05) is 7.05 Å². The molecular formula is C12H17NO. The molecule has 0 bridgehead atoms. The minimum atomic E-state index is 0.338. The van der Waals surface area contributed by atoms with E-state index in [4.69, 9.17) is 4.74 Å². The van der Waals surface area contributed by atoms with Gasteiger partial charge in [-0.2, -0.15) is 0 Å². The largest absolute Gasteiger partial charge is 0.490 e. The second kappa shape index (κ2) is 3.62. The summed E-state index contributed by atoms with van der Waals surface area (Å²) in [6, 6.07) is 6.91. The molecule has 2 unspecified atom stereocenters. The van der Waals surface area contributed by atoms with E-state index in [0.717, 1.165) is 12.2 Å². The predicted molar refractivity (Wildman–Crippen MR) is 57.7 cm³/mol. The molecule has 2 atom stereocenters. The highest BCUT2D eigenvalue weighted by Gasteiger charge is 2.19. The van der Waals surface area contributed by atoms with Crippen LogP contribution in [0.25, 0.3) is 0 Å². The van der Waals surface area contributed by atoms with E-state index < -0.39 is 0 Å². The Morgan fingerprint density at radius 1 is 1.50 bits per heavy atom. The monoisotopic (exact) mass is 191 g/mol. The third-order valence-corrected chi connectivity index (χ3v) is 2.86. The van der Waals surface area contributed by atoms with Gasteiger partial charge in [0.1, 0.15) is 11.9 Å². The Morgan fingerprint density at radius 3 is 3.00 bits per heavy atom. The first-order chi connectivity index (χ1) is 6.70. The molecule has 0 amide bonds. The fraction of sp³-hybridized carbons (Fsp3) is 0.500. The Hall–Kier alpha value is -1.02. The normalized spacial score (nSPS) is 21.5. The second-order valence-electron chi connectivity index (χ2n) is 4.01. The Kier molecular flexibility index (Phi) is 2.46. The van der Waals surface area contributed by atoms with Crippen LogP contribution in [0.5, 0.6) is 5.75 Å². The molecule has 0 saturated heterocycles. The topological polar surface area (TPSA) is 21.3 Å². The van der Waals surface area contributed by atoms with E-state index in [2.05, 4.69) is 37.4 Å². The molecule has 1 aliphatic rings. The highest BCUT2D eigenvalue weighted by atomic mass is 16.5. The Labute approximate surface area is 85.3 Å². The predicted octanol–water partition coefficient (Wildman–Crippen LogP) is 2.29. The summed E-state index contributed by atoms with van der Waals surface area (Å²) < 4.78 is 5.71. The van der Waals surface area contributed by atoms with Gasteiger partial charge in [0.15, 0.2) is 0 Å². The molecule has 2 rings (SSSR count). The second-order valence-corrected chi connectivity index (χ2v) is 4.01. The van der Waals surface area contributed by atoms with Gasteiger partial charge >= 0.3 is 0 Å². The van der Waals surface area contributed by atoms with Crippen LogP contribution in [-0.4, -0.2) is 13.2 Å². The van der Waals surface area contributed by atoms with E-state index in [1.165, 1.54) is 11.1 Å². The van der Waals surface area contributed by atoms with Gasteiger partial charge in [-0.05, 0) is 38.1 Å². The SMILES string of the molecule is CNC(C)c1ccc2c(c1)OC(C)C2. The Balaban J connectivity index is 2.28. The summed E-state index contributed by atoms with van der Waals surface area (Å²) >= 11 is 0. The van der Waals surface area contributed by atoms with Crippen LogP contribution in [0.1, 0.15) is 31.0 Å². The van der Waals surface area contributed by atoms with E-state index in [9.17, 15) is 0 Å². The molecule has 76 valence electrons. The molecule has 0 radical (unpaired) electrons. The van der Waals surface area contributed by atoms with Crippen molar-refractivity contribution in [3.63, 3.8) is 0 Å². The molecule has 0 spiro atoms. The number of ether oxygens (including phenoxy) is 1. The minimum Gasteiger partial charge on any atom is -0.490 e. The molecule has 14 heavy (non-hydrogen) atoms. The molecule has 0 fully saturated rings. The lowest BCUT2D eigenvalue weighted by atomic mass is 10.0. The number of rotatable bonds is 2. The number of nitrogens with one attached hydrogen (secondary N) is 1. The quantitative estimate of drug-likeness (QED) is 0.774. The van der Waals surface area contributed by atoms with Gasteiger partial charge in [-0.25, -0.2) is 0 Å². The lowest BCUT2D eigenvalue weighted by Gasteiger charge is -2.11. The van der Waals surface area contributed by atoms with E-state index in [1.807, 2.05) is 7.05 Å². The van der Waals surface area contributed by atoms with Crippen LogP contribution in [0.3, 0.4) is 0 Å². The summed E-state index contributed by atoms with van der Waals surface area (Å²) in [5.74, 6) is 1.07. The zero-order valence-electron chi connectivity index (χ0n) is 9.00. The number of hydrogen-bond donors (Lipinski definition) is 1. The van der Waals surface area contributed by atoms with Gasteiger partial charge in [0, 0.05) is 12.5 Å². The van der Waals surface area contributed by atoms with Crippen LogP contribution in [0.2, 0.25) is 0 Å². The average Bonchev–Trinajstić information content (AvgIpc) is 2.55. The van der Waals surface area contributed by atoms with Gasteiger partial charge in [0.25, 0.3) is 0 Å². The maximum Gasteiger partial charge on any atom is 0.123 e. The Morgan fingerprint density at radius 2 is 2.29 bits per heavy atom. The first-order valence-corrected chi connectivity index (χ1v) is 5.17. The van der Waals surface area contributed by atoms with Crippen LogP contribution in [-0.2, 0) is 6.42 Å². The molecule has 0 aromatic heterocycles. The van der Waals surface area contributed by atoms with Gasteiger partial charge in [-0.1, -0.05) is 12.1 Å². The number of hydrogen-bond acceptors (Lipinski definition) is 2. The van der Waals surface area contributed by atoms with Gasteiger partial charge in [-0.15, -0.1) is 0 Å². The molecule has 2 nitrogen and oxygen atoms in total. The van der Waals surface area contributed by atoms with E-state index >= 15 is 0 Å². The van der Waals surface area contributed by atoms with Crippen LogP contribution in [0.4, 0.5) is 0 Å². The third-order valence-electron chi connectivity index (χ3n) is 2.86. The molecule has 0 saturated carbocycles. The van der Waals surface area contributed by atoms with Crippen molar-refractivity contribution < 1.29 is 4.74 Å². The highest BCUT2D eigenvalue weighted by Crippen LogP contribution is 2.31. The summed E-state index contributed by atoms with van der Waals surface area (Å²) in [5, 5.41) is 3.23. The smallest absolute Gasteiger partial charge is 0.123 e. The fourth-order valence-corrected chi connectivity index (χ4v) is 1.85. The molecule has 1 heterocycles. The van der Waals surface area contributed by atoms with Gasteiger partial charge in [-0.3, -0.25) is 0 Å².